The van der Waals surface area contributed by atoms with Crippen LogP contribution in [0.4, 0.5) is 5.69 Å². The van der Waals surface area contributed by atoms with Gasteiger partial charge in [0.15, 0.2) is 0 Å². The molecule has 74 valence electrons. The van der Waals surface area contributed by atoms with Crippen molar-refractivity contribution in [2.24, 2.45) is 0 Å². The van der Waals surface area contributed by atoms with E-state index < -0.39 is 0 Å². The van der Waals surface area contributed by atoms with Crippen molar-refractivity contribution in [1.82, 2.24) is 0 Å². The van der Waals surface area contributed by atoms with Crippen LogP contribution in [-0.2, 0) is 11.2 Å². The van der Waals surface area contributed by atoms with Gasteiger partial charge in [0.1, 0.15) is 0 Å². The molecule has 0 bridgehead atoms. The lowest BCUT2D eigenvalue weighted by Gasteiger charge is -2.10. The molecule has 1 N–H and O–H groups in total. The molecule has 2 heteroatoms. The Bertz CT molecular complexity index is 355. The first-order valence-electron chi connectivity index (χ1n) is 4.71. The van der Waals surface area contributed by atoms with Crippen LogP contribution < -0.4 is 5.32 Å². The van der Waals surface area contributed by atoms with Gasteiger partial charge in [-0.25, -0.2) is 0 Å². The van der Waals surface area contributed by atoms with Crippen LogP contribution in [0.25, 0.3) is 6.08 Å². The minimum atomic E-state index is -0.0408. The molecule has 0 unspecified atom stereocenters. The third-order valence-corrected chi connectivity index (χ3v) is 2.10. The second-order valence-electron chi connectivity index (χ2n) is 3.11. The van der Waals surface area contributed by atoms with E-state index in [0.29, 0.717) is 0 Å². The molecule has 0 aliphatic carbocycles. The fourth-order valence-corrected chi connectivity index (χ4v) is 1.50. The molecule has 0 saturated carbocycles. The third-order valence-electron chi connectivity index (χ3n) is 2.10. The Hall–Kier alpha value is -1.57. The predicted octanol–water partition coefficient (Wildman–Crippen LogP) is 2.85. The zero-order chi connectivity index (χ0) is 10.6. The number of carbonyl (C=O) groups excluding carboxylic acids is 1. The highest BCUT2D eigenvalue weighted by Gasteiger charge is 2.04. The molecule has 0 fully saturated rings. The molecule has 1 aromatic rings. The van der Waals surface area contributed by atoms with E-state index in [1.807, 2.05) is 24.3 Å². The van der Waals surface area contributed by atoms with Crippen LogP contribution in [0.1, 0.15) is 25.0 Å². The summed E-state index contributed by atoms with van der Waals surface area (Å²) in [6.07, 6.45) is 2.70. The lowest BCUT2D eigenvalue weighted by atomic mass is 10.0. The van der Waals surface area contributed by atoms with Crippen molar-refractivity contribution in [2.75, 3.05) is 5.32 Å². The van der Waals surface area contributed by atoms with Crippen LogP contribution in [0.3, 0.4) is 0 Å². The first kappa shape index (κ1) is 10.5. The lowest BCUT2D eigenvalue weighted by molar-refractivity contribution is -0.114. The summed E-state index contributed by atoms with van der Waals surface area (Å²) in [5.41, 5.74) is 3.11. The van der Waals surface area contributed by atoms with Gasteiger partial charge in [-0.15, -0.1) is 0 Å². The molecule has 0 spiro atoms. The summed E-state index contributed by atoms with van der Waals surface area (Å²) in [4.78, 5) is 10.9. The first-order valence-corrected chi connectivity index (χ1v) is 4.71. The average Bonchev–Trinajstić information content (AvgIpc) is 2.16. The largest absolute Gasteiger partial charge is 0.326 e. The molecule has 0 atom stereocenters. The van der Waals surface area contributed by atoms with Crippen molar-refractivity contribution in [2.45, 2.75) is 20.3 Å². The Balaban J connectivity index is 3.14. The topological polar surface area (TPSA) is 29.1 Å². The summed E-state index contributed by atoms with van der Waals surface area (Å²) in [7, 11) is 0. The molecule has 0 aliphatic heterocycles. The third kappa shape index (κ3) is 2.22. The van der Waals surface area contributed by atoms with Crippen molar-refractivity contribution in [3.05, 3.63) is 35.9 Å². The second-order valence-corrected chi connectivity index (χ2v) is 3.11. The maximum absolute atomic E-state index is 10.9. The molecule has 0 aliphatic rings. The van der Waals surface area contributed by atoms with Gasteiger partial charge in [-0.3, -0.25) is 4.79 Å². The molecule has 0 saturated heterocycles. The Labute approximate surface area is 84.6 Å². The zero-order valence-corrected chi connectivity index (χ0v) is 8.63. The van der Waals surface area contributed by atoms with Gasteiger partial charge < -0.3 is 5.32 Å². The standard InChI is InChI=1S/C12H15NO/c1-4-10-7-6-8-12(11(10)5-2)13-9(3)14/h4,6-8H,1,5H2,2-3H3,(H,13,14). The SMILES string of the molecule is C=Cc1cccc(NC(C)=O)c1CC. The molecule has 0 aromatic heterocycles. The molecule has 1 rings (SSSR count). The van der Waals surface area contributed by atoms with Gasteiger partial charge in [-0.1, -0.05) is 31.7 Å². The maximum atomic E-state index is 10.9. The lowest BCUT2D eigenvalue weighted by Crippen LogP contribution is -2.08. The Morgan fingerprint density at radius 3 is 2.79 bits per heavy atom. The Morgan fingerprint density at radius 1 is 1.57 bits per heavy atom. The van der Waals surface area contributed by atoms with Gasteiger partial charge in [0.05, 0.1) is 0 Å². The number of benzene rings is 1. The smallest absolute Gasteiger partial charge is 0.221 e. The Morgan fingerprint density at radius 2 is 2.29 bits per heavy atom. The number of carbonyl (C=O) groups is 1. The highest BCUT2D eigenvalue weighted by molar-refractivity contribution is 5.90. The molecule has 1 amide bonds. The van der Waals surface area contributed by atoms with E-state index >= 15 is 0 Å². The Kier molecular flexibility index (Phi) is 3.46. The quantitative estimate of drug-likeness (QED) is 0.778. The van der Waals surface area contributed by atoms with E-state index in [-0.39, 0.29) is 5.91 Å². The van der Waals surface area contributed by atoms with Gasteiger partial charge in [-0.05, 0) is 23.6 Å². The van der Waals surface area contributed by atoms with E-state index in [2.05, 4.69) is 18.8 Å². The van der Waals surface area contributed by atoms with Crippen molar-refractivity contribution in [3.8, 4) is 0 Å². The van der Waals surface area contributed by atoms with Crippen LogP contribution >= 0.6 is 0 Å². The summed E-state index contributed by atoms with van der Waals surface area (Å²) < 4.78 is 0. The highest BCUT2D eigenvalue weighted by atomic mass is 16.1. The van der Waals surface area contributed by atoms with E-state index in [4.69, 9.17) is 0 Å². The number of rotatable bonds is 3. The monoisotopic (exact) mass is 189 g/mol. The molecule has 0 radical (unpaired) electrons. The second kappa shape index (κ2) is 4.61. The first-order chi connectivity index (χ1) is 6.69. The number of hydrogen-bond acceptors (Lipinski definition) is 1. The fourth-order valence-electron chi connectivity index (χ4n) is 1.50. The van der Waals surface area contributed by atoms with E-state index in [9.17, 15) is 4.79 Å². The van der Waals surface area contributed by atoms with Crippen molar-refractivity contribution in [1.29, 1.82) is 0 Å². The van der Waals surface area contributed by atoms with Crippen molar-refractivity contribution < 1.29 is 4.79 Å². The minimum Gasteiger partial charge on any atom is -0.326 e. The molecular formula is C12H15NO. The van der Waals surface area contributed by atoms with Crippen LogP contribution in [-0.4, -0.2) is 5.91 Å². The average molecular weight is 189 g/mol. The fraction of sp³-hybridized carbons (Fsp3) is 0.250. The van der Waals surface area contributed by atoms with Crippen molar-refractivity contribution >= 4 is 17.7 Å². The van der Waals surface area contributed by atoms with Gasteiger partial charge in [0, 0.05) is 12.6 Å². The summed E-state index contributed by atoms with van der Waals surface area (Å²) >= 11 is 0. The molecular weight excluding hydrogens is 174 g/mol. The van der Waals surface area contributed by atoms with Gasteiger partial charge in [0.2, 0.25) is 5.91 Å². The summed E-state index contributed by atoms with van der Waals surface area (Å²) in [5, 5.41) is 2.81. The normalized spacial score (nSPS) is 9.57. The number of hydrogen-bond donors (Lipinski definition) is 1. The van der Waals surface area contributed by atoms with Gasteiger partial charge in [-0.2, -0.15) is 0 Å². The van der Waals surface area contributed by atoms with Crippen LogP contribution in [0, 0.1) is 0 Å². The van der Waals surface area contributed by atoms with E-state index in [0.717, 1.165) is 23.2 Å². The number of nitrogens with one attached hydrogen (secondary N) is 1. The van der Waals surface area contributed by atoms with E-state index in [1.165, 1.54) is 6.92 Å². The predicted molar refractivity (Wildman–Crippen MR) is 60.2 cm³/mol. The van der Waals surface area contributed by atoms with Crippen LogP contribution in [0.5, 0.6) is 0 Å². The maximum Gasteiger partial charge on any atom is 0.221 e. The van der Waals surface area contributed by atoms with Gasteiger partial charge >= 0.3 is 0 Å². The molecule has 0 heterocycles. The van der Waals surface area contributed by atoms with Gasteiger partial charge in [0.25, 0.3) is 0 Å². The van der Waals surface area contributed by atoms with Crippen molar-refractivity contribution in [3.63, 3.8) is 0 Å². The summed E-state index contributed by atoms with van der Waals surface area (Å²) in [6.45, 7) is 7.32. The molecule has 14 heavy (non-hydrogen) atoms. The molecule has 1 aromatic carbocycles. The number of anilines is 1. The summed E-state index contributed by atoms with van der Waals surface area (Å²) in [5.74, 6) is -0.0408. The minimum absolute atomic E-state index is 0.0408. The van der Waals surface area contributed by atoms with E-state index in [1.54, 1.807) is 0 Å². The highest BCUT2D eigenvalue weighted by Crippen LogP contribution is 2.21. The van der Waals surface area contributed by atoms with Crippen LogP contribution in [0.2, 0.25) is 0 Å². The molecule has 2 nitrogen and oxygen atoms in total. The zero-order valence-electron chi connectivity index (χ0n) is 8.63. The van der Waals surface area contributed by atoms with Crippen LogP contribution in [0.15, 0.2) is 24.8 Å². The summed E-state index contributed by atoms with van der Waals surface area (Å²) in [6, 6.07) is 5.83. The number of amides is 1.